The van der Waals surface area contributed by atoms with Crippen molar-refractivity contribution >= 4 is 17.2 Å². The average Bonchev–Trinajstić information content (AvgIpc) is 3.10. The van der Waals surface area contributed by atoms with E-state index < -0.39 is 0 Å². The van der Waals surface area contributed by atoms with Gasteiger partial charge in [0.1, 0.15) is 5.65 Å². The topological polar surface area (TPSA) is 37.6 Å². The lowest BCUT2D eigenvalue weighted by molar-refractivity contribution is -0.119. The van der Waals surface area contributed by atoms with Gasteiger partial charge in [0, 0.05) is 18.3 Å². The lowest BCUT2D eigenvalue weighted by atomic mass is 9.86. The van der Waals surface area contributed by atoms with Crippen LogP contribution in [-0.4, -0.2) is 15.3 Å². The molecule has 1 saturated carbocycles. The molecule has 26 heavy (non-hydrogen) atoms. The van der Waals surface area contributed by atoms with Crippen LogP contribution < -0.4 is 4.90 Å². The maximum absolute atomic E-state index is 13.2. The van der Waals surface area contributed by atoms with Crippen LogP contribution in [0, 0.1) is 5.92 Å². The Labute approximate surface area is 154 Å². The van der Waals surface area contributed by atoms with E-state index in [9.17, 15) is 4.79 Å². The number of aromatic nitrogens is 2. The summed E-state index contributed by atoms with van der Waals surface area (Å²) >= 11 is 0. The Morgan fingerprint density at radius 3 is 2.62 bits per heavy atom. The monoisotopic (exact) mass is 347 g/mol. The van der Waals surface area contributed by atoms with E-state index >= 15 is 0 Å². The first-order valence-corrected chi connectivity index (χ1v) is 9.57. The summed E-state index contributed by atoms with van der Waals surface area (Å²) in [5, 5.41) is 0. The van der Waals surface area contributed by atoms with Gasteiger partial charge in [-0.1, -0.05) is 43.5 Å². The Kier molecular flexibility index (Phi) is 5.00. The molecule has 0 aliphatic heterocycles. The lowest BCUT2D eigenvalue weighted by Crippen LogP contribution is -2.32. The molecule has 134 valence electrons. The first-order chi connectivity index (χ1) is 12.8. The molecule has 3 aromatic rings. The number of benzene rings is 1. The number of para-hydroxylation sites is 1. The van der Waals surface area contributed by atoms with Gasteiger partial charge in [-0.3, -0.25) is 4.79 Å². The van der Waals surface area contributed by atoms with Gasteiger partial charge < -0.3 is 9.30 Å². The highest BCUT2D eigenvalue weighted by atomic mass is 16.2. The first kappa shape index (κ1) is 16.8. The summed E-state index contributed by atoms with van der Waals surface area (Å²) in [5.74, 6) is 0.749. The molecular formula is C22H25N3O. The summed E-state index contributed by atoms with van der Waals surface area (Å²) in [5.41, 5.74) is 2.90. The largest absolute Gasteiger partial charge is 0.306 e. The van der Waals surface area contributed by atoms with Gasteiger partial charge >= 0.3 is 0 Å². The number of amides is 1. The van der Waals surface area contributed by atoms with Crippen LogP contribution in [0.4, 0.5) is 5.69 Å². The number of rotatable bonds is 5. The third-order valence-corrected chi connectivity index (χ3v) is 5.37. The molecule has 4 rings (SSSR count). The summed E-state index contributed by atoms with van der Waals surface area (Å²) in [6.45, 7) is 0.542. The molecule has 0 saturated heterocycles. The number of nitrogens with zero attached hydrogens (tertiary/aromatic N) is 3. The van der Waals surface area contributed by atoms with Crippen molar-refractivity contribution in [3.63, 3.8) is 0 Å². The van der Waals surface area contributed by atoms with Crippen LogP contribution in [0.1, 0.15) is 44.2 Å². The van der Waals surface area contributed by atoms with Crippen molar-refractivity contribution in [2.24, 2.45) is 5.92 Å². The zero-order valence-electron chi connectivity index (χ0n) is 15.1. The molecule has 0 radical (unpaired) electrons. The van der Waals surface area contributed by atoms with Crippen molar-refractivity contribution in [2.45, 2.75) is 45.1 Å². The van der Waals surface area contributed by atoms with Gasteiger partial charge in [-0.05, 0) is 43.0 Å². The lowest BCUT2D eigenvalue weighted by Gasteiger charge is -2.27. The smallest absolute Gasteiger partial charge is 0.227 e. The van der Waals surface area contributed by atoms with Crippen LogP contribution in [0.2, 0.25) is 0 Å². The highest BCUT2D eigenvalue weighted by Crippen LogP contribution is 2.28. The van der Waals surface area contributed by atoms with Crippen molar-refractivity contribution < 1.29 is 4.79 Å². The summed E-state index contributed by atoms with van der Waals surface area (Å²) in [6, 6.07) is 16.0. The van der Waals surface area contributed by atoms with E-state index in [2.05, 4.69) is 9.38 Å². The molecule has 1 amide bonds. The Morgan fingerprint density at radius 2 is 1.81 bits per heavy atom. The van der Waals surface area contributed by atoms with Gasteiger partial charge in [0.05, 0.1) is 18.4 Å². The fraction of sp³-hybridized carbons (Fsp3) is 0.364. The van der Waals surface area contributed by atoms with Gasteiger partial charge in [0.15, 0.2) is 0 Å². The highest BCUT2D eigenvalue weighted by molar-refractivity contribution is 5.93. The zero-order chi connectivity index (χ0) is 17.8. The molecule has 4 nitrogen and oxygen atoms in total. The zero-order valence-corrected chi connectivity index (χ0v) is 15.1. The second-order valence-corrected chi connectivity index (χ2v) is 7.20. The maximum Gasteiger partial charge on any atom is 0.227 e. The molecule has 1 aromatic carbocycles. The van der Waals surface area contributed by atoms with Crippen molar-refractivity contribution in [3.8, 4) is 0 Å². The van der Waals surface area contributed by atoms with Crippen LogP contribution in [0.15, 0.2) is 60.9 Å². The van der Waals surface area contributed by atoms with Crippen LogP contribution in [-0.2, 0) is 11.3 Å². The Hall–Kier alpha value is -2.62. The van der Waals surface area contributed by atoms with Gasteiger partial charge in [0.25, 0.3) is 0 Å². The quantitative estimate of drug-likeness (QED) is 0.662. The summed E-state index contributed by atoms with van der Waals surface area (Å²) in [6.07, 6.45) is 10.7. The minimum Gasteiger partial charge on any atom is -0.306 e. The highest BCUT2D eigenvalue weighted by Gasteiger charge is 2.23. The number of carbonyl (C=O) groups excluding carboxylic acids is 1. The van der Waals surface area contributed by atoms with Crippen molar-refractivity contribution in [1.29, 1.82) is 0 Å². The maximum atomic E-state index is 13.2. The van der Waals surface area contributed by atoms with Crippen LogP contribution in [0.25, 0.3) is 5.65 Å². The second-order valence-electron chi connectivity index (χ2n) is 7.20. The molecule has 1 aliphatic carbocycles. The summed E-state index contributed by atoms with van der Waals surface area (Å²) in [7, 11) is 0. The predicted molar refractivity (Wildman–Crippen MR) is 104 cm³/mol. The van der Waals surface area contributed by atoms with Crippen LogP contribution in [0.5, 0.6) is 0 Å². The van der Waals surface area contributed by atoms with Gasteiger partial charge in [-0.25, -0.2) is 4.98 Å². The van der Waals surface area contributed by atoms with Gasteiger partial charge in [-0.2, -0.15) is 0 Å². The molecule has 0 unspecified atom stereocenters. The van der Waals surface area contributed by atoms with Crippen molar-refractivity contribution in [2.75, 3.05) is 4.90 Å². The molecule has 1 aliphatic rings. The van der Waals surface area contributed by atoms with Gasteiger partial charge in [-0.15, -0.1) is 0 Å². The number of anilines is 1. The molecule has 0 atom stereocenters. The molecule has 0 bridgehead atoms. The molecular weight excluding hydrogens is 322 g/mol. The molecule has 4 heteroatoms. The average molecular weight is 347 g/mol. The third kappa shape index (κ3) is 3.64. The normalized spacial score (nSPS) is 15.2. The Balaban J connectivity index is 1.59. The van der Waals surface area contributed by atoms with E-state index in [4.69, 9.17) is 0 Å². The van der Waals surface area contributed by atoms with Crippen LogP contribution in [0.3, 0.4) is 0 Å². The Bertz CT molecular complexity index is 865. The number of imidazole rings is 1. The second kappa shape index (κ2) is 7.73. The Morgan fingerprint density at radius 1 is 1.04 bits per heavy atom. The van der Waals surface area contributed by atoms with E-state index in [1.54, 1.807) is 0 Å². The number of hydrogen-bond donors (Lipinski definition) is 0. The van der Waals surface area contributed by atoms with Crippen LogP contribution >= 0.6 is 0 Å². The van der Waals surface area contributed by atoms with Gasteiger partial charge in [0.2, 0.25) is 5.91 Å². The predicted octanol–water partition coefficient (Wildman–Crippen LogP) is 4.84. The SMILES string of the molecule is O=C(CC1CCCCC1)N(Cc1cnc2ccccn12)c1ccccc1. The van der Waals surface area contributed by atoms with Crippen molar-refractivity contribution in [3.05, 3.63) is 66.6 Å². The van der Waals surface area contributed by atoms with E-state index in [0.717, 1.165) is 17.0 Å². The minimum absolute atomic E-state index is 0.217. The molecule has 1 fully saturated rings. The first-order valence-electron chi connectivity index (χ1n) is 9.57. The number of pyridine rings is 1. The summed E-state index contributed by atoms with van der Waals surface area (Å²) in [4.78, 5) is 19.6. The number of hydrogen-bond acceptors (Lipinski definition) is 2. The standard InChI is InChI=1S/C22H25N3O/c26-22(15-18-9-3-1-4-10-18)25(19-11-5-2-6-12-19)17-20-16-23-21-13-7-8-14-24(20)21/h2,5-8,11-14,16,18H,1,3-4,9-10,15,17H2. The van der Waals surface area contributed by atoms with E-state index in [1.807, 2.05) is 65.8 Å². The molecule has 2 heterocycles. The third-order valence-electron chi connectivity index (χ3n) is 5.37. The fourth-order valence-corrected chi connectivity index (χ4v) is 3.94. The number of fused-ring (bicyclic) bond motifs is 1. The fourth-order valence-electron chi connectivity index (χ4n) is 3.94. The van der Waals surface area contributed by atoms with E-state index in [-0.39, 0.29) is 5.91 Å². The van der Waals surface area contributed by atoms with E-state index in [1.165, 1.54) is 32.1 Å². The molecule has 0 spiro atoms. The van der Waals surface area contributed by atoms with Crippen molar-refractivity contribution in [1.82, 2.24) is 9.38 Å². The summed E-state index contributed by atoms with van der Waals surface area (Å²) < 4.78 is 2.06. The van der Waals surface area contributed by atoms with E-state index in [0.29, 0.717) is 18.9 Å². The molecule has 0 N–H and O–H groups in total. The molecule has 2 aromatic heterocycles. The number of carbonyl (C=O) groups is 1. The minimum atomic E-state index is 0.217.